The second-order valence-corrected chi connectivity index (χ2v) is 5.94. The van der Waals surface area contributed by atoms with Gasteiger partial charge in [-0.25, -0.2) is 0 Å². The van der Waals surface area contributed by atoms with E-state index in [9.17, 15) is 14.9 Å². The molecule has 2 rings (SSSR count). The number of hydrogen-bond donors (Lipinski definition) is 2. The molecule has 1 saturated heterocycles. The Balaban J connectivity index is 0.00000242. The maximum atomic E-state index is 12.3. The van der Waals surface area contributed by atoms with Gasteiger partial charge in [-0.2, -0.15) is 0 Å². The van der Waals surface area contributed by atoms with Crippen LogP contribution in [0.1, 0.15) is 32.3 Å². The van der Waals surface area contributed by atoms with E-state index >= 15 is 0 Å². The predicted molar refractivity (Wildman–Crippen MR) is 87.1 cm³/mol. The fourth-order valence-corrected chi connectivity index (χ4v) is 2.57. The molecule has 1 aromatic rings. The van der Waals surface area contributed by atoms with Crippen molar-refractivity contribution < 1.29 is 9.72 Å². The van der Waals surface area contributed by atoms with Gasteiger partial charge in [-0.1, -0.05) is 0 Å². The van der Waals surface area contributed by atoms with Gasteiger partial charge in [0, 0.05) is 18.1 Å². The van der Waals surface area contributed by atoms with Crippen LogP contribution < -0.4 is 10.6 Å². The summed E-state index contributed by atoms with van der Waals surface area (Å²) in [5.74, 6) is 0.100. The lowest BCUT2D eigenvalue weighted by Crippen LogP contribution is -2.46. The standard InChI is InChI=1S/C15H21N3O3.ClH/c1-15(2,12-3-5-13(6-4-12)18(20)21)17-14(19)11-7-9-16-10-8-11;/h3-6,11,16H,7-10H2,1-2H3,(H,17,19);1H. The average Bonchev–Trinajstić information content (AvgIpc) is 2.48. The van der Waals surface area contributed by atoms with Crippen LogP contribution in [-0.4, -0.2) is 23.9 Å². The van der Waals surface area contributed by atoms with Crippen LogP contribution in [0.2, 0.25) is 0 Å². The molecule has 0 atom stereocenters. The highest BCUT2D eigenvalue weighted by Crippen LogP contribution is 2.24. The number of non-ortho nitro benzene ring substituents is 1. The summed E-state index contributed by atoms with van der Waals surface area (Å²) < 4.78 is 0. The van der Waals surface area contributed by atoms with Crippen LogP contribution in [0, 0.1) is 16.0 Å². The Bertz CT molecular complexity index is 525. The van der Waals surface area contributed by atoms with E-state index in [2.05, 4.69) is 10.6 Å². The summed E-state index contributed by atoms with van der Waals surface area (Å²) in [7, 11) is 0. The third-order valence-electron chi connectivity index (χ3n) is 3.95. The maximum Gasteiger partial charge on any atom is 0.269 e. The Kier molecular flexibility index (Phi) is 6.32. The third-order valence-corrected chi connectivity index (χ3v) is 3.95. The van der Waals surface area contributed by atoms with E-state index in [1.807, 2.05) is 13.8 Å². The quantitative estimate of drug-likeness (QED) is 0.657. The minimum absolute atomic E-state index is 0. The first-order chi connectivity index (χ1) is 9.90. The van der Waals surface area contributed by atoms with Crippen LogP contribution >= 0.6 is 12.4 Å². The summed E-state index contributed by atoms with van der Waals surface area (Å²) in [6.45, 7) is 5.56. The van der Waals surface area contributed by atoms with E-state index in [1.165, 1.54) is 12.1 Å². The molecular formula is C15H22ClN3O3. The van der Waals surface area contributed by atoms with Gasteiger partial charge in [0.15, 0.2) is 0 Å². The number of halogens is 1. The highest BCUT2D eigenvalue weighted by molar-refractivity contribution is 5.85. The number of nitro benzene ring substituents is 1. The minimum Gasteiger partial charge on any atom is -0.347 e. The highest BCUT2D eigenvalue weighted by Gasteiger charge is 2.28. The molecule has 7 heteroatoms. The number of benzene rings is 1. The number of nitrogens with zero attached hydrogens (tertiary/aromatic N) is 1. The fourth-order valence-electron chi connectivity index (χ4n) is 2.57. The zero-order valence-corrected chi connectivity index (χ0v) is 13.6. The summed E-state index contributed by atoms with van der Waals surface area (Å²) in [5, 5.41) is 17.0. The minimum atomic E-state index is -0.545. The zero-order chi connectivity index (χ0) is 15.5. The van der Waals surface area contributed by atoms with Gasteiger partial charge in [0.05, 0.1) is 10.5 Å². The first-order valence-corrected chi connectivity index (χ1v) is 7.18. The molecule has 22 heavy (non-hydrogen) atoms. The lowest BCUT2D eigenvalue weighted by atomic mass is 9.91. The van der Waals surface area contributed by atoms with Crippen molar-refractivity contribution in [1.82, 2.24) is 10.6 Å². The number of nitro groups is 1. The molecule has 0 saturated carbocycles. The number of nitrogens with one attached hydrogen (secondary N) is 2. The van der Waals surface area contributed by atoms with Crippen molar-refractivity contribution in [2.24, 2.45) is 5.92 Å². The van der Waals surface area contributed by atoms with Gasteiger partial charge < -0.3 is 10.6 Å². The molecule has 1 aromatic carbocycles. The predicted octanol–water partition coefficient (Wildman–Crippen LogP) is 2.37. The monoisotopic (exact) mass is 327 g/mol. The van der Waals surface area contributed by atoms with Gasteiger partial charge in [-0.3, -0.25) is 14.9 Å². The van der Waals surface area contributed by atoms with Crippen LogP contribution in [0.15, 0.2) is 24.3 Å². The average molecular weight is 328 g/mol. The van der Waals surface area contributed by atoms with E-state index in [0.29, 0.717) is 0 Å². The van der Waals surface area contributed by atoms with Gasteiger partial charge in [0.1, 0.15) is 0 Å². The molecular weight excluding hydrogens is 306 g/mol. The van der Waals surface area contributed by atoms with Crippen molar-refractivity contribution in [3.05, 3.63) is 39.9 Å². The van der Waals surface area contributed by atoms with Crippen LogP contribution in [0.3, 0.4) is 0 Å². The second-order valence-electron chi connectivity index (χ2n) is 5.94. The van der Waals surface area contributed by atoms with Crippen LogP contribution in [0.4, 0.5) is 5.69 Å². The summed E-state index contributed by atoms with van der Waals surface area (Å²) in [6, 6.07) is 6.32. The Labute approximate surface area is 136 Å². The van der Waals surface area contributed by atoms with Crippen molar-refractivity contribution in [3.63, 3.8) is 0 Å². The Morgan fingerprint density at radius 3 is 2.32 bits per heavy atom. The van der Waals surface area contributed by atoms with Crippen molar-refractivity contribution >= 4 is 24.0 Å². The molecule has 1 heterocycles. The molecule has 0 unspecified atom stereocenters. The number of piperidine rings is 1. The number of carbonyl (C=O) groups is 1. The molecule has 1 aliphatic rings. The molecule has 0 aromatic heterocycles. The van der Waals surface area contributed by atoms with Crippen molar-refractivity contribution in [3.8, 4) is 0 Å². The number of hydrogen-bond acceptors (Lipinski definition) is 4. The molecule has 122 valence electrons. The molecule has 0 radical (unpaired) electrons. The first-order valence-electron chi connectivity index (χ1n) is 7.18. The molecule has 2 N–H and O–H groups in total. The zero-order valence-electron chi connectivity index (χ0n) is 12.8. The molecule has 0 bridgehead atoms. The topological polar surface area (TPSA) is 84.3 Å². The highest BCUT2D eigenvalue weighted by atomic mass is 35.5. The molecule has 1 aliphatic heterocycles. The lowest BCUT2D eigenvalue weighted by Gasteiger charge is -2.30. The number of carbonyl (C=O) groups excluding carboxylic acids is 1. The van der Waals surface area contributed by atoms with Gasteiger partial charge in [0.2, 0.25) is 5.91 Å². The van der Waals surface area contributed by atoms with Gasteiger partial charge in [-0.15, -0.1) is 12.4 Å². The van der Waals surface area contributed by atoms with Crippen molar-refractivity contribution in [1.29, 1.82) is 0 Å². The van der Waals surface area contributed by atoms with E-state index in [4.69, 9.17) is 0 Å². The van der Waals surface area contributed by atoms with Gasteiger partial charge >= 0.3 is 0 Å². The second kappa shape index (κ2) is 7.56. The van der Waals surface area contributed by atoms with Crippen molar-refractivity contribution in [2.75, 3.05) is 13.1 Å². The van der Waals surface area contributed by atoms with Crippen molar-refractivity contribution in [2.45, 2.75) is 32.2 Å². The van der Waals surface area contributed by atoms with E-state index in [-0.39, 0.29) is 29.9 Å². The van der Waals surface area contributed by atoms with Crippen LogP contribution in [-0.2, 0) is 10.3 Å². The molecule has 1 amide bonds. The Morgan fingerprint density at radius 1 is 1.27 bits per heavy atom. The molecule has 1 fully saturated rings. The van der Waals surface area contributed by atoms with Crippen LogP contribution in [0.25, 0.3) is 0 Å². The van der Waals surface area contributed by atoms with E-state index < -0.39 is 10.5 Å². The third kappa shape index (κ3) is 4.42. The lowest BCUT2D eigenvalue weighted by molar-refractivity contribution is -0.384. The Hall–Kier alpha value is -1.66. The van der Waals surface area contributed by atoms with Gasteiger partial charge in [0.25, 0.3) is 5.69 Å². The van der Waals surface area contributed by atoms with E-state index in [0.717, 1.165) is 31.5 Å². The Morgan fingerprint density at radius 2 is 1.82 bits per heavy atom. The molecule has 6 nitrogen and oxygen atoms in total. The molecule has 0 spiro atoms. The van der Waals surface area contributed by atoms with Gasteiger partial charge in [-0.05, 0) is 57.5 Å². The largest absolute Gasteiger partial charge is 0.347 e. The van der Waals surface area contributed by atoms with Crippen LogP contribution in [0.5, 0.6) is 0 Å². The maximum absolute atomic E-state index is 12.3. The van der Waals surface area contributed by atoms with E-state index in [1.54, 1.807) is 12.1 Å². The molecule has 0 aliphatic carbocycles. The summed E-state index contributed by atoms with van der Waals surface area (Å²) in [5.41, 5.74) is 0.367. The SMILES string of the molecule is CC(C)(NC(=O)C1CCNCC1)c1ccc([N+](=O)[O-])cc1.Cl. The smallest absolute Gasteiger partial charge is 0.269 e. The number of rotatable bonds is 4. The summed E-state index contributed by atoms with van der Waals surface area (Å²) in [4.78, 5) is 22.6. The summed E-state index contributed by atoms with van der Waals surface area (Å²) in [6.07, 6.45) is 1.70. The summed E-state index contributed by atoms with van der Waals surface area (Å²) >= 11 is 0. The fraction of sp³-hybridized carbons (Fsp3) is 0.533. The number of amides is 1. The first kappa shape index (κ1) is 18.4. The normalized spacial score (nSPS) is 15.7.